The van der Waals surface area contributed by atoms with Crippen LogP contribution in [0.4, 0.5) is 5.69 Å². The van der Waals surface area contributed by atoms with Gasteiger partial charge in [-0.3, -0.25) is 9.69 Å². The second-order valence-corrected chi connectivity index (χ2v) is 8.18. The van der Waals surface area contributed by atoms with Crippen LogP contribution in [-0.4, -0.2) is 19.0 Å². The number of amides is 1. The second kappa shape index (κ2) is 8.04. The summed E-state index contributed by atoms with van der Waals surface area (Å²) in [5.41, 5.74) is 3.79. The zero-order valence-corrected chi connectivity index (χ0v) is 17.4. The molecule has 0 saturated heterocycles. The first kappa shape index (κ1) is 20.2. The summed E-state index contributed by atoms with van der Waals surface area (Å²) in [5, 5.41) is 0. The molecule has 0 unspecified atom stereocenters. The minimum absolute atomic E-state index is 0.0579. The lowest BCUT2D eigenvalue weighted by Crippen LogP contribution is -2.37. The minimum atomic E-state index is -0.876. The summed E-state index contributed by atoms with van der Waals surface area (Å²) >= 11 is 3.42. The highest BCUT2D eigenvalue weighted by Gasteiger charge is 2.25. The van der Waals surface area contributed by atoms with Crippen LogP contribution in [0.25, 0.3) is 0 Å². The third-order valence-electron chi connectivity index (χ3n) is 4.22. The van der Waals surface area contributed by atoms with E-state index >= 15 is 0 Å². The summed E-state index contributed by atoms with van der Waals surface area (Å²) in [4.78, 5) is 25.9. The number of halogens is 1. The van der Waals surface area contributed by atoms with Gasteiger partial charge in [0.1, 0.15) is 0 Å². The highest BCUT2D eigenvalue weighted by molar-refractivity contribution is 9.10. The molecule has 0 saturated carbocycles. The maximum absolute atomic E-state index is 12.6. The molecule has 5 heteroatoms. The fourth-order valence-electron chi connectivity index (χ4n) is 2.68. The third-order valence-corrected chi connectivity index (χ3v) is 4.71. The Balaban J connectivity index is 2.38. The lowest BCUT2D eigenvalue weighted by Gasteiger charge is -2.24. The highest BCUT2D eigenvalue weighted by Crippen LogP contribution is 2.27. The van der Waals surface area contributed by atoms with E-state index in [0.717, 1.165) is 15.6 Å². The number of aryl methyl sites for hydroxylation is 1. The fraction of sp³-hybridized carbons (Fsp3) is 0.333. The number of hydrogen-bond donors (Lipinski definition) is 0. The minimum Gasteiger partial charge on any atom is -0.462 e. The number of nitrogens with zero attached hydrogens (tertiary/aromatic N) is 1. The Morgan fingerprint density at radius 3 is 2.19 bits per heavy atom. The van der Waals surface area contributed by atoms with E-state index < -0.39 is 11.9 Å². The van der Waals surface area contributed by atoms with E-state index in [1.807, 2.05) is 37.3 Å². The number of carbonyl (C=O) groups is 2. The molecule has 0 aliphatic heterocycles. The Hall–Kier alpha value is -2.14. The Bertz CT molecular complexity index is 807. The van der Waals surface area contributed by atoms with Crippen LogP contribution in [-0.2, 0) is 26.3 Å². The molecule has 0 fully saturated rings. The number of methoxy groups -OCH3 is 1. The topological polar surface area (TPSA) is 46.6 Å². The van der Waals surface area contributed by atoms with Gasteiger partial charge in [0.25, 0.3) is 0 Å². The van der Waals surface area contributed by atoms with E-state index in [1.165, 1.54) is 17.6 Å². The number of rotatable bonds is 3. The molecule has 0 aliphatic carbocycles. The van der Waals surface area contributed by atoms with Crippen molar-refractivity contribution in [3.63, 3.8) is 0 Å². The maximum Gasteiger partial charge on any atom is 0.397 e. The van der Waals surface area contributed by atoms with E-state index in [1.54, 1.807) is 0 Å². The molecule has 0 spiro atoms. The molecule has 26 heavy (non-hydrogen) atoms. The van der Waals surface area contributed by atoms with E-state index in [4.69, 9.17) is 0 Å². The molecule has 0 heterocycles. The van der Waals surface area contributed by atoms with Crippen LogP contribution in [0, 0.1) is 6.92 Å². The first-order chi connectivity index (χ1) is 12.1. The van der Waals surface area contributed by atoms with Crippen LogP contribution >= 0.6 is 15.9 Å². The van der Waals surface area contributed by atoms with Crippen LogP contribution in [0.15, 0.2) is 46.9 Å². The molecular formula is C21H24BrNO3. The van der Waals surface area contributed by atoms with Gasteiger partial charge in [-0.05, 0) is 47.2 Å². The van der Waals surface area contributed by atoms with Crippen molar-refractivity contribution in [3.8, 4) is 0 Å². The van der Waals surface area contributed by atoms with Gasteiger partial charge < -0.3 is 4.74 Å². The van der Waals surface area contributed by atoms with Crippen molar-refractivity contribution < 1.29 is 14.3 Å². The molecule has 2 rings (SSSR count). The zero-order chi connectivity index (χ0) is 19.5. The van der Waals surface area contributed by atoms with Gasteiger partial charge in [0.15, 0.2) is 0 Å². The van der Waals surface area contributed by atoms with Crippen LogP contribution in [0.1, 0.15) is 37.5 Å². The van der Waals surface area contributed by atoms with Gasteiger partial charge in [-0.25, -0.2) is 4.79 Å². The molecule has 0 atom stereocenters. The number of benzene rings is 2. The van der Waals surface area contributed by atoms with Gasteiger partial charge in [-0.2, -0.15) is 0 Å². The van der Waals surface area contributed by atoms with Crippen LogP contribution < -0.4 is 4.90 Å². The lowest BCUT2D eigenvalue weighted by atomic mass is 9.87. The summed E-state index contributed by atoms with van der Waals surface area (Å²) < 4.78 is 5.56. The number of anilines is 1. The van der Waals surface area contributed by atoms with Crippen molar-refractivity contribution in [1.29, 1.82) is 0 Å². The molecule has 2 aromatic carbocycles. The van der Waals surface area contributed by atoms with Gasteiger partial charge in [-0.15, -0.1) is 0 Å². The SMILES string of the molecule is COC(=O)C(=O)N(Cc1ccc(C(C)(C)C)cc1)c1ccc(Br)cc1C. The van der Waals surface area contributed by atoms with Crippen molar-refractivity contribution in [1.82, 2.24) is 0 Å². The lowest BCUT2D eigenvalue weighted by molar-refractivity contribution is -0.151. The van der Waals surface area contributed by atoms with Gasteiger partial charge in [0.05, 0.1) is 13.7 Å². The molecule has 2 aromatic rings. The quantitative estimate of drug-likeness (QED) is 0.533. The predicted molar refractivity (Wildman–Crippen MR) is 107 cm³/mol. The number of carbonyl (C=O) groups excluding carboxylic acids is 2. The van der Waals surface area contributed by atoms with Crippen molar-refractivity contribution in [2.75, 3.05) is 12.0 Å². The molecule has 0 aliphatic rings. The van der Waals surface area contributed by atoms with Crippen molar-refractivity contribution in [2.24, 2.45) is 0 Å². The van der Waals surface area contributed by atoms with Crippen LogP contribution in [0.3, 0.4) is 0 Å². The molecule has 1 amide bonds. The third kappa shape index (κ3) is 4.73. The van der Waals surface area contributed by atoms with E-state index in [9.17, 15) is 9.59 Å². The van der Waals surface area contributed by atoms with Crippen LogP contribution in [0.2, 0.25) is 0 Å². The fourth-order valence-corrected chi connectivity index (χ4v) is 3.15. The Morgan fingerprint density at radius 2 is 1.69 bits per heavy atom. The molecule has 0 aromatic heterocycles. The number of esters is 1. The largest absolute Gasteiger partial charge is 0.462 e. The summed E-state index contributed by atoms with van der Waals surface area (Å²) in [6, 6.07) is 13.7. The number of hydrogen-bond acceptors (Lipinski definition) is 3. The maximum atomic E-state index is 12.6. The van der Waals surface area contributed by atoms with Gasteiger partial charge >= 0.3 is 11.9 Å². The Labute approximate surface area is 163 Å². The van der Waals surface area contributed by atoms with E-state index in [-0.39, 0.29) is 5.41 Å². The molecule has 0 N–H and O–H groups in total. The zero-order valence-electron chi connectivity index (χ0n) is 15.8. The Kier molecular flexibility index (Phi) is 6.24. The smallest absolute Gasteiger partial charge is 0.397 e. The summed E-state index contributed by atoms with van der Waals surface area (Å²) in [6.07, 6.45) is 0. The Morgan fingerprint density at radius 1 is 1.08 bits per heavy atom. The molecule has 0 bridgehead atoms. The van der Waals surface area contributed by atoms with Gasteiger partial charge in [-0.1, -0.05) is 61.0 Å². The van der Waals surface area contributed by atoms with Crippen molar-refractivity contribution >= 4 is 33.5 Å². The standard InChI is InChI=1S/C21H24BrNO3/c1-14-12-17(22)10-11-18(14)23(19(24)20(25)26-5)13-15-6-8-16(9-7-15)21(2,3)4/h6-12H,13H2,1-5H3. The molecule has 0 radical (unpaired) electrons. The van der Waals surface area contributed by atoms with Crippen molar-refractivity contribution in [3.05, 3.63) is 63.6 Å². The first-order valence-corrected chi connectivity index (χ1v) is 9.18. The molecular weight excluding hydrogens is 394 g/mol. The van der Waals surface area contributed by atoms with E-state index in [2.05, 4.69) is 53.6 Å². The molecule has 138 valence electrons. The monoisotopic (exact) mass is 417 g/mol. The van der Waals surface area contributed by atoms with Gasteiger partial charge in [0.2, 0.25) is 0 Å². The summed E-state index contributed by atoms with van der Waals surface area (Å²) in [5.74, 6) is -1.56. The first-order valence-electron chi connectivity index (χ1n) is 8.39. The average molecular weight is 418 g/mol. The summed E-state index contributed by atoms with van der Waals surface area (Å²) in [6.45, 7) is 8.65. The number of ether oxygens (including phenoxy) is 1. The second-order valence-electron chi connectivity index (χ2n) is 7.26. The normalized spacial score (nSPS) is 11.2. The van der Waals surface area contributed by atoms with Crippen LogP contribution in [0.5, 0.6) is 0 Å². The van der Waals surface area contributed by atoms with Crippen molar-refractivity contribution in [2.45, 2.75) is 39.7 Å². The highest BCUT2D eigenvalue weighted by atomic mass is 79.9. The van der Waals surface area contributed by atoms with Gasteiger partial charge in [0, 0.05) is 10.2 Å². The van der Waals surface area contributed by atoms with E-state index in [0.29, 0.717) is 12.2 Å². The summed E-state index contributed by atoms with van der Waals surface area (Å²) in [7, 11) is 1.21. The molecule has 4 nitrogen and oxygen atoms in total. The average Bonchev–Trinajstić information content (AvgIpc) is 2.58. The predicted octanol–water partition coefficient (Wildman–Crippen LogP) is 4.76.